The van der Waals surface area contributed by atoms with E-state index in [0.717, 1.165) is 13.2 Å². The first kappa shape index (κ1) is 20.2. The summed E-state index contributed by atoms with van der Waals surface area (Å²) in [4.78, 5) is 10.4. The molecule has 0 saturated carbocycles. The molecule has 0 amide bonds. The van der Waals surface area contributed by atoms with E-state index in [1.165, 1.54) is 0 Å². The molecule has 0 heterocycles. The van der Waals surface area contributed by atoms with Crippen molar-refractivity contribution in [3.63, 3.8) is 0 Å². The first-order valence-electron chi connectivity index (χ1n) is 6.88. The fourth-order valence-electron chi connectivity index (χ4n) is 1.93. The van der Waals surface area contributed by atoms with Crippen LogP contribution in [0.3, 0.4) is 0 Å². The van der Waals surface area contributed by atoms with E-state index in [1.807, 2.05) is 4.72 Å². The van der Waals surface area contributed by atoms with Crippen LogP contribution in [0.5, 0.6) is 5.75 Å². The summed E-state index contributed by atoms with van der Waals surface area (Å²) >= 11 is 0. The van der Waals surface area contributed by atoms with E-state index in [0.29, 0.717) is 12.1 Å². The summed E-state index contributed by atoms with van der Waals surface area (Å²) in [7, 11) is -3.38. The monoisotopic (exact) mass is 369 g/mol. The van der Waals surface area contributed by atoms with Crippen LogP contribution in [-0.2, 0) is 21.0 Å². The summed E-state index contributed by atoms with van der Waals surface area (Å²) < 4.78 is 69.8. The molecule has 1 aromatic carbocycles. The molecule has 0 radical (unpaired) electrons. The molecule has 0 aliphatic carbocycles. The van der Waals surface area contributed by atoms with Crippen molar-refractivity contribution in [2.75, 3.05) is 7.11 Å². The SMILES string of the molecule is COc1cc(C(F)(F)F)cc(S(=O)(=O)NC(CC(C)C)C(=O)O)c1. The van der Waals surface area contributed by atoms with Crippen molar-refractivity contribution < 1.29 is 36.2 Å². The number of benzene rings is 1. The van der Waals surface area contributed by atoms with Gasteiger partial charge in [-0.25, -0.2) is 8.42 Å². The topological polar surface area (TPSA) is 92.7 Å². The predicted molar refractivity (Wildman–Crippen MR) is 79.2 cm³/mol. The number of aliphatic carboxylic acids is 1. The fourth-order valence-corrected chi connectivity index (χ4v) is 3.20. The van der Waals surface area contributed by atoms with Gasteiger partial charge in [-0.15, -0.1) is 0 Å². The number of carboxylic acid groups (broad SMARTS) is 1. The molecule has 0 bridgehead atoms. The lowest BCUT2D eigenvalue weighted by Crippen LogP contribution is -2.41. The molecule has 136 valence electrons. The zero-order chi connectivity index (χ0) is 18.7. The molecule has 2 N–H and O–H groups in total. The second-order valence-electron chi connectivity index (χ2n) is 5.54. The summed E-state index contributed by atoms with van der Waals surface area (Å²) in [6.07, 6.45) is -4.78. The molecule has 1 atom stereocenters. The van der Waals surface area contributed by atoms with Gasteiger partial charge in [-0.1, -0.05) is 13.8 Å². The first-order chi connectivity index (χ1) is 10.9. The van der Waals surface area contributed by atoms with Crippen LogP contribution >= 0.6 is 0 Å². The van der Waals surface area contributed by atoms with Crippen LogP contribution in [0.15, 0.2) is 23.1 Å². The highest BCUT2D eigenvalue weighted by Crippen LogP contribution is 2.33. The zero-order valence-corrected chi connectivity index (χ0v) is 14.0. The number of nitrogens with one attached hydrogen (secondary N) is 1. The third kappa shape index (κ3) is 5.38. The molecule has 24 heavy (non-hydrogen) atoms. The Morgan fingerprint density at radius 3 is 2.29 bits per heavy atom. The van der Waals surface area contributed by atoms with Crippen LogP contribution in [-0.4, -0.2) is 32.6 Å². The van der Waals surface area contributed by atoms with Gasteiger partial charge in [-0.05, 0) is 24.5 Å². The summed E-state index contributed by atoms with van der Waals surface area (Å²) in [5.41, 5.74) is -1.21. The molecule has 1 unspecified atom stereocenters. The Morgan fingerprint density at radius 2 is 1.88 bits per heavy atom. The number of carboxylic acids is 1. The lowest BCUT2D eigenvalue weighted by Gasteiger charge is -2.18. The number of methoxy groups -OCH3 is 1. The van der Waals surface area contributed by atoms with Crippen molar-refractivity contribution in [2.24, 2.45) is 5.92 Å². The molecule has 1 rings (SSSR count). The lowest BCUT2D eigenvalue weighted by molar-refractivity contribution is -0.139. The summed E-state index contributed by atoms with van der Waals surface area (Å²) in [6, 6.07) is 0.530. The van der Waals surface area contributed by atoms with Crippen molar-refractivity contribution in [3.05, 3.63) is 23.8 Å². The van der Waals surface area contributed by atoms with Gasteiger partial charge in [0.25, 0.3) is 0 Å². The minimum atomic E-state index is -4.77. The first-order valence-corrected chi connectivity index (χ1v) is 8.36. The molecule has 0 aliphatic rings. The maximum Gasteiger partial charge on any atom is 0.416 e. The van der Waals surface area contributed by atoms with E-state index in [1.54, 1.807) is 13.8 Å². The van der Waals surface area contributed by atoms with E-state index in [9.17, 15) is 26.4 Å². The molecule has 1 aromatic rings. The van der Waals surface area contributed by atoms with Gasteiger partial charge in [-0.2, -0.15) is 17.9 Å². The van der Waals surface area contributed by atoms with Crippen LogP contribution in [0.4, 0.5) is 13.2 Å². The molecule has 0 spiro atoms. The molecule has 6 nitrogen and oxygen atoms in total. The minimum absolute atomic E-state index is 0.00927. The molecule has 0 aliphatic heterocycles. The number of halogens is 3. The highest BCUT2D eigenvalue weighted by Gasteiger charge is 2.34. The number of ether oxygens (including phenoxy) is 1. The average molecular weight is 369 g/mol. The van der Waals surface area contributed by atoms with E-state index < -0.39 is 38.7 Å². The lowest BCUT2D eigenvalue weighted by atomic mass is 10.1. The second kappa shape index (κ2) is 7.39. The van der Waals surface area contributed by atoms with E-state index in [4.69, 9.17) is 9.84 Å². The van der Waals surface area contributed by atoms with Gasteiger partial charge in [0.1, 0.15) is 11.8 Å². The standard InChI is InChI=1S/C14H18F3NO5S/c1-8(2)4-12(13(19)20)18-24(21,22)11-6-9(14(15,16)17)5-10(7-11)23-3/h5-8,12,18H,4H2,1-3H3,(H,19,20). The maximum absolute atomic E-state index is 12.9. The summed E-state index contributed by atoms with van der Waals surface area (Å²) in [5.74, 6) is -1.85. The van der Waals surface area contributed by atoms with Gasteiger partial charge in [0.2, 0.25) is 10.0 Å². The van der Waals surface area contributed by atoms with Crippen LogP contribution in [0.2, 0.25) is 0 Å². The highest BCUT2D eigenvalue weighted by atomic mass is 32.2. The molecule has 0 saturated heterocycles. The molecule has 0 fully saturated rings. The molecule has 10 heteroatoms. The third-order valence-electron chi connectivity index (χ3n) is 3.06. The van der Waals surface area contributed by atoms with Gasteiger partial charge >= 0.3 is 12.1 Å². The van der Waals surface area contributed by atoms with Gasteiger partial charge in [0, 0.05) is 6.07 Å². The average Bonchev–Trinajstić information content (AvgIpc) is 2.44. The molecule has 0 aromatic heterocycles. The van der Waals surface area contributed by atoms with E-state index in [2.05, 4.69) is 0 Å². The van der Waals surface area contributed by atoms with Gasteiger partial charge in [-0.3, -0.25) is 4.79 Å². The predicted octanol–water partition coefficient (Wildman–Crippen LogP) is 2.49. The zero-order valence-electron chi connectivity index (χ0n) is 13.2. The molecular formula is C14H18F3NO5S. The fraction of sp³-hybridized carbons (Fsp3) is 0.500. The second-order valence-corrected chi connectivity index (χ2v) is 7.25. The Bertz CT molecular complexity index is 701. The largest absolute Gasteiger partial charge is 0.497 e. The quantitative estimate of drug-likeness (QED) is 0.770. The normalized spacial score (nSPS) is 13.8. The molecular weight excluding hydrogens is 351 g/mol. The van der Waals surface area contributed by atoms with Crippen LogP contribution in [0.1, 0.15) is 25.8 Å². The number of hydrogen-bond acceptors (Lipinski definition) is 4. The smallest absolute Gasteiger partial charge is 0.416 e. The van der Waals surface area contributed by atoms with Crippen molar-refractivity contribution >= 4 is 16.0 Å². The number of rotatable bonds is 7. The van der Waals surface area contributed by atoms with E-state index >= 15 is 0 Å². The highest BCUT2D eigenvalue weighted by molar-refractivity contribution is 7.89. The van der Waals surface area contributed by atoms with Crippen LogP contribution in [0.25, 0.3) is 0 Å². The maximum atomic E-state index is 12.9. The minimum Gasteiger partial charge on any atom is -0.497 e. The van der Waals surface area contributed by atoms with Gasteiger partial charge in [0.05, 0.1) is 17.6 Å². The van der Waals surface area contributed by atoms with Gasteiger partial charge < -0.3 is 9.84 Å². The third-order valence-corrected chi connectivity index (χ3v) is 4.51. The Kier molecular flexibility index (Phi) is 6.23. The van der Waals surface area contributed by atoms with E-state index in [-0.39, 0.29) is 18.1 Å². The number of hydrogen-bond donors (Lipinski definition) is 2. The Balaban J connectivity index is 3.29. The Labute approximate surface area is 137 Å². The number of alkyl halides is 3. The van der Waals surface area contributed by atoms with Gasteiger partial charge in [0.15, 0.2) is 0 Å². The van der Waals surface area contributed by atoms with Crippen LogP contribution in [0, 0.1) is 5.92 Å². The summed E-state index contributed by atoms with van der Waals surface area (Å²) in [6.45, 7) is 3.38. The van der Waals surface area contributed by atoms with Crippen molar-refractivity contribution in [1.82, 2.24) is 4.72 Å². The Morgan fingerprint density at radius 1 is 1.29 bits per heavy atom. The summed E-state index contributed by atoms with van der Waals surface area (Å²) in [5, 5.41) is 9.09. The Hall–Kier alpha value is -1.81. The van der Waals surface area contributed by atoms with Crippen molar-refractivity contribution in [3.8, 4) is 5.75 Å². The van der Waals surface area contributed by atoms with Crippen LogP contribution < -0.4 is 9.46 Å². The van der Waals surface area contributed by atoms with Crippen molar-refractivity contribution in [1.29, 1.82) is 0 Å². The van der Waals surface area contributed by atoms with Crippen molar-refractivity contribution in [2.45, 2.75) is 37.4 Å². The number of sulfonamides is 1. The number of carbonyl (C=O) groups is 1.